The van der Waals surface area contributed by atoms with Crippen LogP contribution >= 0.6 is 0 Å². The van der Waals surface area contributed by atoms with Crippen LogP contribution in [-0.2, 0) is 0 Å². The molecule has 2 rings (SSSR count). The number of nitrogens with zero attached hydrogens (tertiary/aromatic N) is 2. The Bertz CT molecular complexity index is 428. The molecule has 1 atom stereocenters. The van der Waals surface area contributed by atoms with Gasteiger partial charge in [0, 0.05) is 26.2 Å². The molecule has 1 saturated heterocycles. The van der Waals surface area contributed by atoms with Crippen LogP contribution in [0, 0.1) is 25.2 Å². The largest absolute Gasteiger partial charge is 0.314 e. The molecule has 0 saturated carbocycles. The molecule has 1 unspecified atom stereocenters. The average Bonchev–Trinajstić information content (AvgIpc) is 2.36. The van der Waals surface area contributed by atoms with Crippen molar-refractivity contribution >= 4 is 0 Å². The molecule has 0 bridgehead atoms. The van der Waals surface area contributed by atoms with Gasteiger partial charge in [0.05, 0.1) is 6.07 Å². The Morgan fingerprint density at radius 3 is 2.53 bits per heavy atom. The Morgan fingerprint density at radius 2 is 1.94 bits per heavy atom. The standard InChI is InChI=1S/C14H19N3/c1-11-3-4-13(9-12(11)2)14(10-15)17-7-5-16-6-8-17/h3-4,9,14,16H,5-8H2,1-2H3. The molecule has 90 valence electrons. The van der Waals surface area contributed by atoms with E-state index < -0.39 is 0 Å². The zero-order chi connectivity index (χ0) is 12.3. The van der Waals surface area contributed by atoms with Crippen LogP contribution in [0.1, 0.15) is 22.7 Å². The van der Waals surface area contributed by atoms with Crippen molar-refractivity contribution in [3.8, 4) is 6.07 Å². The van der Waals surface area contributed by atoms with Crippen molar-refractivity contribution in [1.29, 1.82) is 5.26 Å². The van der Waals surface area contributed by atoms with Gasteiger partial charge in [-0.25, -0.2) is 0 Å². The summed E-state index contributed by atoms with van der Waals surface area (Å²) in [5, 5.41) is 12.7. The highest BCUT2D eigenvalue weighted by molar-refractivity contribution is 5.34. The summed E-state index contributed by atoms with van der Waals surface area (Å²) in [5.41, 5.74) is 3.67. The molecule has 1 aromatic carbocycles. The maximum Gasteiger partial charge on any atom is 0.123 e. The number of benzene rings is 1. The van der Waals surface area contributed by atoms with Crippen LogP contribution in [0.4, 0.5) is 0 Å². The highest BCUT2D eigenvalue weighted by atomic mass is 15.2. The first-order valence-corrected chi connectivity index (χ1v) is 6.14. The van der Waals surface area contributed by atoms with Gasteiger partial charge in [0.2, 0.25) is 0 Å². The van der Waals surface area contributed by atoms with Gasteiger partial charge in [-0.05, 0) is 30.5 Å². The van der Waals surface area contributed by atoms with E-state index in [0.717, 1.165) is 31.7 Å². The molecule has 1 aliphatic heterocycles. The van der Waals surface area contributed by atoms with Crippen LogP contribution in [0.2, 0.25) is 0 Å². The van der Waals surface area contributed by atoms with E-state index in [9.17, 15) is 5.26 Å². The summed E-state index contributed by atoms with van der Waals surface area (Å²) in [6.45, 7) is 8.05. The minimum atomic E-state index is -0.101. The first-order valence-electron chi connectivity index (χ1n) is 6.14. The number of hydrogen-bond donors (Lipinski definition) is 1. The maximum atomic E-state index is 9.38. The molecule has 0 amide bonds. The van der Waals surface area contributed by atoms with Crippen molar-refractivity contribution < 1.29 is 0 Å². The third-order valence-corrected chi connectivity index (χ3v) is 3.49. The molecule has 17 heavy (non-hydrogen) atoms. The lowest BCUT2D eigenvalue weighted by Gasteiger charge is -2.31. The highest BCUT2D eigenvalue weighted by Gasteiger charge is 2.21. The average molecular weight is 229 g/mol. The summed E-state index contributed by atoms with van der Waals surface area (Å²) in [6.07, 6.45) is 0. The SMILES string of the molecule is Cc1ccc(C(C#N)N2CCNCC2)cc1C. The molecular weight excluding hydrogens is 210 g/mol. The van der Waals surface area contributed by atoms with E-state index >= 15 is 0 Å². The molecule has 3 heteroatoms. The summed E-state index contributed by atoms with van der Waals surface area (Å²) in [4.78, 5) is 2.25. The Morgan fingerprint density at radius 1 is 1.24 bits per heavy atom. The van der Waals surface area contributed by atoms with E-state index in [0.29, 0.717) is 0 Å². The molecule has 1 fully saturated rings. The Balaban J connectivity index is 2.22. The third kappa shape index (κ3) is 2.66. The van der Waals surface area contributed by atoms with E-state index in [2.05, 4.69) is 48.3 Å². The smallest absolute Gasteiger partial charge is 0.123 e. The molecule has 3 nitrogen and oxygen atoms in total. The molecule has 1 aromatic rings. The number of rotatable bonds is 2. The molecule has 0 aromatic heterocycles. The van der Waals surface area contributed by atoms with Crippen molar-refractivity contribution in [3.05, 3.63) is 34.9 Å². The molecule has 0 radical (unpaired) electrons. The predicted octanol–water partition coefficient (Wildman–Crippen LogP) is 1.77. The lowest BCUT2D eigenvalue weighted by atomic mass is 10.0. The van der Waals surface area contributed by atoms with Gasteiger partial charge in [-0.2, -0.15) is 5.26 Å². The Labute approximate surface area is 103 Å². The lowest BCUT2D eigenvalue weighted by Crippen LogP contribution is -2.44. The van der Waals surface area contributed by atoms with Gasteiger partial charge in [0.15, 0.2) is 0 Å². The van der Waals surface area contributed by atoms with Crippen LogP contribution in [-0.4, -0.2) is 31.1 Å². The van der Waals surface area contributed by atoms with Gasteiger partial charge in [-0.15, -0.1) is 0 Å². The van der Waals surface area contributed by atoms with Crippen molar-refractivity contribution in [2.45, 2.75) is 19.9 Å². The summed E-state index contributed by atoms with van der Waals surface area (Å²) in [5.74, 6) is 0. The topological polar surface area (TPSA) is 39.1 Å². The van der Waals surface area contributed by atoms with Crippen molar-refractivity contribution in [2.24, 2.45) is 0 Å². The zero-order valence-electron chi connectivity index (χ0n) is 10.5. The fourth-order valence-electron chi connectivity index (χ4n) is 2.24. The fourth-order valence-corrected chi connectivity index (χ4v) is 2.24. The van der Waals surface area contributed by atoms with Crippen LogP contribution < -0.4 is 5.32 Å². The Hall–Kier alpha value is -1.37. The van der Waals surface area contributed by atoms with Crippen LogP contribution in [0.5, 0.6) is 0 Å². The van der Waals surface area contributed by atoms with Gasteiger partial charge in [0.25, 0.3) is 0 Å². The minimum Gasteiger partial charge on any atom is -0.314 e. The molecule has 0 spiro atoms. The van der Waals surface area contributed by atoms with Crippen LogP contribution in [0.3, 0.4) is 0 Å². The van der Waals surface area contributed by atoms with Gasteiger partial charge < -0.3 is 5.32 Å². The van der Waals surface area contributed by atoms with Crippen LogP contribution in [0.25, 0.3) is 0 Å². The second kappa shape index (κ2) is 5.31. The third-order valence-electron chi connectivity index (χ3n) is 3.49. The lowest BCUT2D eigenvalue weighted by molar-refractivity contribution is 0.207. The maximum absolute atomic E-state index is 9.38. The van der Waals surface area contributed by atoms with E-state index in [-0.39, 0.29) is 6.04 Å². The number of nitriles is 1. The van der Waals surface area contributed by atoms with Crippen molar-refractivity contribution in [3.63, 3.8) is 0 Å². The van der Waals surface area contributed by atoms with E-state index in [1.807, 2.05) is 0 Å². The number of nitrogens with one attached hydrogen (secondary N) is 1. The van der Waals surface area contributed by atoms with Gasteiger partial charge in [0.1, 0.15) is 6.04 Å². The second-order valence-corrected chi connectivity index (χ2v) is 4.66. The summed E-state index contributed by atoms with van der Waals surface area (Å²) >= 11 is 0. The summed E-state index contributed by atoms with van der Waals surface area (Å²) in [7, 11) is 0. The summed E-state index contributed by atoms with van der Waals surface area (Å²) in [6, 6.07) is 8.67. The molecule has 1 heterocycles. The minimum absolute atomic E-state index is 0.101. The fraction of sp³-hybridized carbons (Fsp3) is 0.500. The van der Waals surface area contributed by atoms with E-state index in [1.54, 1.807) is 0 Å². The highest BCUT2D eigenvalue weighted by Crippen LogP contribution is 2.22. The number of hydrogen-bond acceptors (Lipinski definition) is 3. The molecule has 0 aliphatic carbocycles. The monoisotopic (exact) mass is 229 g/mol. The molecule has 1 N–H and O–H groups in total. The number of piperazine rings is 1. The second-order valence-electron chi connectivity index (χ2n) is 4.66. The van der Waals surface area contributed by atoms with E-state index in [4.69, 9.17) is 0 Å². The van der Waals surface area contributed by atoms with Gasteiger partial charge in [-0.1, -0.05) is 18.2 Å². The van der Waals surface area contributed by atoms with Crippen LogP contribution in [0.15, 0.2) is 18.2 Å². The zero-order valence-corrected chi connectivity index (χ0v) is 10.5. The van der Waals surface area contributed by atoms with Crippen molar-refractivity contribution in [2.75, 3.05) is 26.2 Å². The Kier molecular flexibility index (Phi) is 3.78. The quantitative estimate of drug-likeness (QED) is 0.840. The first kappa shape index (κ1) is 12.1. The normalized spacial score (nSPS) is 18.6. The predicted molar refractivity (Wildman–Crippen MR) is 68.7 cm³/mol. The number of aryl methyl sites for hydroxylation is 2. The van der Waals surface area contributed by atoms with E-state index in [1.165, 1.54) is 11.1 Å². The molecule has 1 aliphatic rings. The van der Waals surface area contributed by atoms with Gasteiger partial charge >= 0.3 is 0 Å². The van der Waals surface area contributed by atoms with Gasteiger partial charge in [-0.3, -0.25) is 4.90 Å². The first-order chi connectivity index (χ1) is 8.22. The molecular formula is C14H19N3. The summed E-state index contributed by atoms with van der Waals surface area (Å²) < 4.78 is 0. The van der Waals surface area contributed by atoms with Crippen molar-refractivity contribution in [1.82, 2.24) is 10.2 Å².